The van der Waals surface area contributed by atoms with Crippen molar-refractivity contribution in [2.45, 2.75) is 19.4 Å². The molecule has 1 aliphatic heterocycles. The van der Waals surface area contributed by atoms with Crippen LogP contribution in [0.1, 0.15) is 23.8 Å². The molecule has 1 aliphatic rings. The van der Waals surface area contributed by atoms with Crippen molar-refractivity contribution >= 4 is 27.2 Å². The largest absolute Gasteiger partial charge is 0.497 e. The fourth-order valence-electron chi connectivity index (χ4n) is 3.10. The number of hydrogen-bond acceptors (Lipinski definition) is 7. The highest BCUT2D eigenvalue weighted by Gasteiger charge is 2.34. The van der Waals surface area contributed by atoms with Gasteiger partial charge in [0.15, 0.2) is 9.84 Å². The lowest BCUT2D eigenvalue weighted by Crippen LogP contribution is -2.41. The molecule has 3 rings (SSSR count). The highest BCUT2D eigenvalue weighted by atomic mass is 32.2. The second-order valence-corrected chi connectivity index (χ2v) is 8.52. The van der Waals surface area contributed by atoms with Gasteiger partial charge < -0.3 is 15.0 Å². The Morgan fingerprint density at radius 3 is 2.63 bits per heavy atom. The van der Waals surface area contributed by atoms with E-state index in [-0.39, 0.29) is 29.1 Å². The molecule has 1 aromatic carbocycles. The quantitative estimate of drug-likeness (QED) is 0.803. The number of carbonyl (C=O) groups excluding carboxylic acids is 1. The summed E-state index contributed by atoms with van der Waals surface area (Å²) in [6, 6.07) is 8.57. The van der Waals surface area contributed by atoms with Crippen molar-refractivity contribution in [1.82, 2.24) is 14.9 Å². The van der Waals surface area contributed by atoms with E-state index in [4.69, 9.17) is 4.74 Å². The van der Waals surface area contributed by atoms with Crippen LogP contribution in [0.5, 0.6) is 5.75 Å². The maximum absolute atomic E-state index is 12.9. The Morgan fingerprint density at radius 2 is 2.04 bits per heavy atom. The van der Waals surface area contributed by atoms with E-state index >= 15 is 0 Å². The second-order valence-electron chi connectivity index (χ2n) is 6.29. The minimum atomic E-state index is -3.07. The van der Waals surface area contributed by atoms with E-state index in [9.17, 15) is 13.2 Å². The summed E-state index contributed by atoms with van der Waals surface area (Å²) in [6.07, 6.45) is 1.78. The summed E-state index contributed by atoms with van der Waals surface area (Å²) in [5.74, 6) is 1.06. The van der Waals surface area contributed by atoms with Crippen LogP contribution in [0.4, 0.5) is 11.5 Å². The number of aromatic nitrogens is 2. The molecule has 27 heavy (non-hydrogen) atoms. The van der Waals surface area contributed by atoms with Crippen molar-refractivity contribution in [2.75, 3.05) is 30.5 Å². The average Bonchev–Trinajstić information content (AvgIpc) is 3.02. The van der Waals surface area contributed by atoms with Gasteiger partial charge >= 0.3 is 0 Å². The molecule has 0 radical (unpaired) electrons. The van der Waals surface area contributed by atoms with Gasteiger partial charge in [-0.2, -0.15) is 0 Å². The van der Waals surface area contributed by atoms with Crippen LogP contribution < -0.4 is 10.1 Å². The molecule has 144 valence electrons. The first-order valence-electron chi connectivity index (χ1n) is 8.66. The first-order chi connectivity index (χ1) is 12.9. The highest BCUT2D eigenvalue weighted by Crippen LogP contribution is 2.21. The zero-order valence-electron chi connectivity index (χ0n) is 15.3. The number of benzene rings is 1. The number of methoxy groups -OCH3 is 1. The Balaban J connectivity index is 1.76. The molecule has 1 fully saturated rings. The van der Waals surface area contributed by atoms with Gasteiger partial charge in [-0.1, -0.05) is 0 Å². The third kappa shape index (κ3) is 4.54. The Morgan fingerprint density at radius 1 is 1.30 bits per heavy atom. The van der Waals surface area contributed by atoms with Crippen LogP contribution in [0, 0.1) is 0 Å². The Kier molecular flexibility index (Phi) is 5.59. The summed E-state index contributed by atoms with van der Waals surface area (Å²) in [6.45, 7) is 2.25. The SMILES string of the molecule is CCN(C(=O)c1cc(Nc2ccc(OC)cc2)ncn1)C1CCS(=O)(=O)C1. The number of anilines is 2. The smallest absolute Gasteiger partial charge is 0.272 e. The normalized spacial score (nSPS) is 18.1. The number of hydrogen-bond donors (Lipinski definition) is 1. The minimum Gasteiger partial charge on any atom is -0.497 e. The van der Waals surface area contributed by atoms with E-state index in [0.29, 0.717) is 18.8 Å². The van der Waals surface area contributed by atoms with Crippen LogP contribution in [-0.2, 0) is 9.84 Å². The van der Waals surface area contributed by atoms with Crippen molar-refractivity contribution in [2.24, 2.45) is 0 Å². The summed E-state index contributed by atoms with van der Waals surface area (Å²) in [4.78, 5) is 22.7. The van der Waals surface area contributed by atoms with E-state index in [1.165, 1.54) is 6.33 Å². The first-order valence-corrected chi connectivity index (χ1v) is 10.5. The van der Waals surface area contributed by atoms with Crippen LogP contribution in [0.25, 0.3) is 0 Å². The Bertz CT molecular complexity index is 915. The van der Waals surface area contributed by atoms with Gasteiger partial charge in [0.1, 0.15) is 23.6 Å². The molecule has 1 atom stereocenters. The van der Waals surface area contributed by atoms with E-state index < -0.39 is 9.84 Å². The number of amides is 1. The maximum Gasteiger partial charge on any atom is 0.272 e. The molecular weight excluding hydrogens is 368 g/mol. The molecule has 1 saturated heterocycles. The Labute approximate surface area is 158 Å². The molecule has 1 aromatic heterocycles. The number of ether oxygens (including phenoxy) is 1. The summed E-state index contributed by atoms with van der Waals surface area (Å²) in [5.41, 5.74) is 1.02. The van der Waals surface area contributed by atoms with Crippen LogP contribution in [0.3, 0.4) is 0 Å². The molecule has 9 heteroatoms. The van der Waals surface area contributed by atoms with E-state index in [1.807, 2.05) is 31.2 Å². The molecule has 1 amide bonds. The summed E-state index contributed by atoms with van der Waals surface area (Å²) in [5, 5.41) is 3.12. The average molecular weight is 390 g/mol. The van der Waals surface area contributed by atoms with Crippen molar-refractivity contribution in [3.8, 4) is 5.75 Å². The standard InChI is InChI=1S/C18H22N4O4S/c1-3-22(14-8-9-27(24,25)11-14)18(23)16-10-17(20-12-19-16)21-13-4-6-15(26-2)7-5-13/h4-7,10,12,14H,3,8-9,11H2,1-2H3,(H,19,20,21). The van der Waals surface area contributed by atoms with Crippen LogP contribution in [0.2, 0.25) is 0 Å². The van der Waals surface area contributed by atoms with Crippen LogP contribution >= 0.6 is 0 Å². The van der Waals surface area contributed by atoms with E-state index in [2.05, 4.69) is 15.3 Å². The van der Waals surface area contributed by atoms with Gasteiger partial charge in [-0.05, 0) is 37.6 Å². The second kappa shape index (κ2) is 7.91. The minimum absolute atomic E-state index is 0.00855. The zero-order chi connectivity index (χ0) is 19.4. The number of nitrogens with zero attached hydrogens (tertiary/aromatic N) is 3. The Hall–Kier alpha value is -2.68. The fraction of sp³-hybridized carbons (Fsp3) is 0.389. The molecule has 0 aliphatic carbocycles. The molecule has 2 heterocycles. The number of nitrogens with one attached hydrogen (secondary N) is 1. The van der Waals surface area contributed by atoms with Gasteiger partial charge in [0, 0.05) is 24.3 Å². The van der Waals surface area contributed by atoms with E-state index in [0.717, 1.165) is 11.4 Å². The van der Waals surface area contributed by atoms with Gasteiger partial charge in [0.2, 0.25) is 0 Å². The lowest BCUT2D eigenvalue weighted by Gasteiger charge is -2.26. The molecule has 1 unspecified atom stereocenters. The third-order valence-corrected chi connectivity index (χ3v) is 6.25. The van der Waals surface area contributed by atoms with Crippen molar-refractivity contribution in [3.05, 3.63) is 42.4 Å². The molecule has 0 saturated carbocycles. The number of carbonyl (C=O) groups is 1. The predicted molar refractivity (Wildman–Crippen MR) is 102 cm³/mol. The van der Waals surface area contributed by atoms with Gasteiger partial charge in [-0.25, -0.2) is 18.4 Å². The number of rotatable bonds is 6. The lowest BCUT2D eigenvalue weighted by atomic mass is 10.2. The number of sulfone groups is 1. The van der Waals surface area contributed by atoms with Gasteiger partial charge in [0.05, 0.1) is 18.6 Å². The first kappa shape index (κ1) is 19.1. The highest BCUT2D eigenvalue weighted by molar-refractivity contribution is 7.91. The summed E-state index contributed by atoms with van der Waals surface area (Å²) < 4.78 is 28.6. The fourth-order valence-corrected chi connectivity index (χ4v) is 4.83. The van der Waals surface area contributed by atoms with Crippen LogP contribution in [0.15, 0.2) is 36.7 Å². The van der Waals surface area contributed by atoms with Crippen molar-refractivity contribution in [3.63, 3.8) is 0 Å². The molecule has 0 bridgehead atoms. The molecule has 0 spiro atoms. The molecule has 2 aromatic rings. The third-order valence-electron chi connectivity index (χ3n) is 4.50. The van der Waals surface area contributed by atoms with Gasteiger partial charge in [-0.15, -0.1) is 0 Å². The van der Waals surface area contributed by atoms with Crippen molar-refractivity contribution < 1.29 is 17.9 Å². The summed E-state index contributed by atoms with van der Waals surface area (Å²) >= 11 is 0. The maximum atomic E-state index is 12.9. The predicted octanol–water partition coefficient (Wildman–Crippen LogP) is 1.88. The van der Waals surface area contributed by atoms with E-state index in [1.54, 1.807) is 18.1 Å². The molecule has 1 N–H and O–H groups in total. The van der Waals surface area contributed by atoms with Crippen LogP contribution in [-0.4, -0.2) is 60.4 Å². The molecule has 8 nitrogen and oxygen atoms in total. The topological polar surface area (TPSA) is 101 Å². The zero-order valence-corrected chi connectivity index (χ0v) is 16.1. The van der Waals surface area contributed by atoms with Gasteiger partial charge in [0.25, 0.3) is 5.91 Å². The van der Waals surface area contributed by atoms with Gasteiger partial charge in [-0.3, -0.25) is 4.79 Å². The molecular formula is C18H22N4O4S. The van der Waals surface area contributed by atoms with Crippen molar-refractivity contribution in [1.29, 1.82) is 0 Å². The lowest BCUT2D eigenvalue weighted by molar-refractivity contribution is 0.0702. The summed E-state index contributed by atoms with van der Waals surface area (Å²) in [7, 11) is -1.47. The monoisotopic (exact) mass is 390 g/mol.